The van der Waals surface area contributed by atoms with Crippen molar-refractivity contribution < 1.29 is 14.3 Å². The van der Waals surface area contributed by atoms with E-state index < -0.39 is 6.10 Å². The lowest BCUT2D eigenvalue weighted by atomic mass is 10.1. The molecule has 0 heterocycles. The molecule has 0 radical (unpaired) electrons. The Morgan fingerprint density at radius 2 is 1.68 bits per heavy atom. The van der Waals surface area contributed by atoms with Gasteiger partial charge in [-0.15, -0.1) is 0 Å². The number of amides is 1. The largest absolute Gasteiger partial charge is 0.497 e. The van der Waals surface area contributed by atoms with Crippen molar-refractivity contribution in [1.29, 1.82) is 0 Å². The predicted molar refractivity (Wildman–Crippen MR) is 100 cm³/mol. The van der Waals surface area contributed by atoms with Crippen LogP contribution in [0.3, 0.4) is 0 Å². The van der Waals surface area contributed by atoms with Gasteiger partial charge in [-0.05, 0) is 68.1 Å². The number of hydrogen-bond acceptors (Lipinski definition) is 3. The molecule has 2 aromatic carbocycles. The lowest BCUT2D eigenvalue weighted by Crippen LogP contribution is -2.39. The highest BCUT2D eigenvalue weighted by Gasteiger charge is 2.21. The molecule has 2 aromatic rings. The third kappa shape index (κ3) is 4.99. The van der Waals surface area contributed by atoms with Crippen LogP contribution in [0.15, 0.2) is 42.5 Å². The van der Waals surface area contributed by atoms with Gasteiger partial charge in [-0.2, -0.15) is 0 Å². The van der Waals surface area contributed by atoms with Crippen LogP contribution in [-0.4, -0.2) is 19.1 Å². The number of ether oxygens (including phenoxy) is 2. The Hall–Kier alpha value is -2.49. The zero-order valence-corrected chi connectivity index (χ0v) is 15.6. The van der Waals surface area contributed by atoms with E-state index in [0.29, 0.717) is 6.42 Å². The molecular formula is C21H27NO3. The van der Waals surface area contributed by atoms with E-state index in [0.717, 1.165) is 22.6 Å². The summed E-state index contributed by atoms with van der Waals surface area (Å²) in [4.78, 5) is 12.6. The van der Waals surface area contributed by atoms with Gasteiger partial charge in [0.25, 0.3) is 5.91 Å². The molecule has 0 bridgehead atoms. The second-order valence-electron chi connectivity index (χ2n) is 6.26. The number of rotatable bonds is 7. The van der Waals surface area contributed by atoms with Gasteiger partial charge in [0.15, 0.2) is 6.10 Å². The van der Waals surface area contributed by atoms with Gasteiger partial charge in [0.05, 0.1) is 13.2 Å². The normalized spacial score (nSPS) is 13.0. The molecule has 0 aliphatic carbocycles. The molecule has 0 saturated heterocycles. The van der Waals surface area contributed by atoms with Crippen LogP contribution in [0, 0.1) is 13.8 Å². The number of carbonyl (C=O) groups is 1. The number of nitrogens with one attached hydrogen (secondary N) is 1. The van der Waals surface area contributed by atoms with E-state index in [-0.39, 0.29) is 11.9 Å². The molecule has 0 saturated carbocycles. The van der Waals surface area contributed by atoms with Crippen molar-refractivity contribution in [2.75, 3.05) is 7.11 Å². The quantitative estimate of drug-likeness (QED) is 0.814. The van der Waals surface area contributed by atoms with E-state index in [1.165, 1.54) is 5.56 Å². The minimum Gasteiger partial charge on any atom is -0.497 e. The molecule has 4 heteroatoms. The molecule has 2 atom stereocenters. The molecule has 0 aliphatic heterocycles. The average Bonchev–Trinajstić information content (AvgIpc) is 2.62. The zero-order chi connectivity index (χ0) is 18.4. The van der Waals surface area contributed by atoms with Gasteiger partial charge in [-0.1, -0.05) is 25.1 Å². The lowest BCUT2D eigenvalue weighted by Gasteiger charge is -2.21. The molecule has 0 aromatic heterocycles. The Bertz CT molecular complexity index is 710. The van der Waals surface area contributed by atoms with Gasteiger partial charge in [0.2, 0.25) is 0 Å². The van der Waals surface area contributed by atoms with E-state index >= 15 is 0 Å². The summed E-state index contributed by atoms with van der Waals surface area (Å²) in [6.45, 7) is 8.00. The third-order valence-electron chi connectivity index (χ3n) is 4.39. The first kappa shape index (κ1) is 18.8. The summed E-state index contributed by atoms with van der Waals surface area (Å²) in [5.74, 6) is 1.41. The summed E-state index contributed by atoms with van der Waals surface area (Å²) in [5.41, 5.74) is 3.38. The fourth-order valence-electron chi connectivity index (χ4n) is 2.56. The zero-order valence-electron chi connectivity index (χ0n) is 15.6. The standard InChI is InChI=1S/C21H27NO3/c1-6-20(25-19-10-7-14(2)15(3)13-19)21(23)22-16(4)17-8-11-18(24-5)12-9-17/h7-13,16,20H,6H2,1-5H3,(H,22,23)/t16-,20-/m1/s1. The molecule has 134 valence electrons. The van der Waals surface area contributed by atoms with Crippen LogP contribution in [-0.2, 0) is 4.79 Å². The molecule has 0 unspecified atom stereocenters. The highest BCUT2D eigenvalue weighted by Crippen LogP contribution is 2.20. The van der Waals surface area contributed by atoms with Crippen molar-refractivity contribution in [2.24, 2.45) is 0 Å². The second kappa shape index (κ2) is 8.56. The smallest absolute Gasteiger partial charge is 0.261 e. The summed E-state index contributed by atoms with van der Waals surface area (Å²) in [6.07, 6.45) is 0.0940. The topological polar surface area (TPSA) is 47.6 Å². The van der Waals surface area contributed by atoms with Gasteiger partial charge in [0.1, 0.15) is 11.5 Å². The number of carbonyl (C=O) groups excluding carboxylic acids is 1. The van der Waals surface area contributed by atoms with Crippen LogP contribution in [0.4, 0.5) is 0 Å². The summed E-state index contributed by atoms with van der Waals surface area (Å²) in [5, 5.41) is 3.03. The van der Waals surface area contributed by atoms with E-state index in [4.69, 9.17) is 9.47 Å². The molecule has 4 nitrogen and oxygen atoms in total. The summed E-state index contributed by atoms with van der Waals surface area (Å²) >= 11 is 0. The van der Waals surface area contributed by atoms with Crippen molar-refractivity contribution in [1.82, 2.24) is 5.32 Å². The molecule has 0 spiro atoms. The van der Waals surface area contributed by atoms with Crippen LogP contribution in [0.1, 0.15) is 43.0 Å². The monoisotopic (exact) mass is 341 g/mol. The minimum absolute atomic E-state index is 0.101. The van der Waals surface area contributed by atoms with E-state index in [1.54, 1.807) is 7.11 Å². The van der Waals surface area contributed by atoms with E-state index in [1.807, 2.05) is 63.2 Å². The van der Waals surface area contributed by atoms with Crippen molar-refractivity contribution in [2.45, 2.75) is 46.3 Å². The van der Waals surface area contributed by atoms with Crippen LogP contribution in [0.5, 0.6) is 11.5 Å². The number of aryl methyl sites for hydroxylation is 2. The second-order valence-corrected chi connectivity index (χ2v) is 6.26. The molecule has 2 rings (SSSR count). The summed E-state index contributed by atoms with van der Waals surface area (Å²) < 4.78 is 11.1. The van der Waals surface area contributed by atoms with Gasteiger partial charge >= 0.3 is 0 Å². The average molecular weight is 341 g/mol. The molecule has 1 N–H and O–H groups in total. The van der Waals surface area contributed by atoms with E-state index in [9.17, 15) is 4.79 Å². The summed E-state index contributed by atoms with van der Waals surface area (Å²) in [6, 6.07) is 13.5. The Labute approximate surface area is 150 Å². The van der Waals surface area contributed by atoms with Crippen LogP contribution in [0.2, 0.25) is 0 Å². The first-order valence-corrected chi connectivity index (χ1v) is 8.62. The maximum atomic E-state index is 12.6. The molecular weight excluding hydrogens is 314 g/mol. The van der Waals surface area contributed by atoms with E-state index in [2.05, 4.69) is 12.2 Å². The SMILES string of the molecule is CC[C@@H](Oc1ccc(C)c(C)c1)C(=O)N[C@H](C)c1ccc(OC)cc1. The molecule has 0 aliphatic rings. The summed E-state index contributed by atoms with van der Waals surface area (Å²) in [7, 11) is 1.64. The van der Waals surface area contributed by atoms with Crippen molar-refractivity contribution >= 4 is 5.91 Å². The van der Waals surface area contributed by atoms with Crippen LogP contribution in [0.25, 0.3) is 0 Å². The number of benzene rings is 2. The van der Waals surface area contributed by atoms with Crippen LogP contribution < -0.4 is 14.8 Å². The predicted octanol–water partition coefficient (Wildman–Crippen LogP) is 4.35. The number of hydrogen-bond donors (Lipinski definition) is 1. The van der Waals surface area contributed by atoms with Crippen molar-refractivity contribution in [3.63, 3.8) is 0 Å². The highest BCUT2D eigenvalue weighted by atomic mass is 16.5. The molecule has 1 amide bonds. The minimum atomic E-state index is -0.511. The molecule has 25 heavy (non-hydrogen) atoms. The fraction of sp³-hybridized carbons (Fsp3) is 0.381. The first-order valence-electron chi connectivity index (χ1n) is 8.62. The Balaban J connectivity index is 2.01. The van der Waals surface area contributed by atoms with Crippen molar-refractivity contribution in [3.05, 3.63) is 59.2 Å². The maximum absolute atomic E-state index is 12.6. The van der Waals surface area contributed by atoms with Crippen molar-refractivity contribution in [3.8, 4) is 11.5 Å². The Kier molecular flexibility index (Phi) is 6.45. The fourth-order valence-corrected chi connectivity index (χ4v) is 2.56. The van der Waals surface area contributed by atoms with Gasteiger partial charge in [-0.3, -0.25) is 4.79 Å². The lowest BCUT2D eigenvalue weighted by molar-refractivity contribution is -0.128. The Morgan fingerprint density at radius 1 is 1.04 bits per heavy atom. The van der Waals surface area contributed by atoms with Gasteiger partial charge in [-0.25, -0.2) is 0 Å². The first-order chi connectivity index (χ1) is 11.9. The third-order valence-corrected chi connectivity index (χ3v) is 4.39. The number of methoxy groups -OCH3 is 1. The Morgan fingerprint density at radius 3 is 2.24 bits per heavy atom. The highest BCUT2D eigenvalue weighted by molar-refractivity contribution is 5.81. The van der Waals surface area contributed by atoms with Gasteiger partial charge in [0, 0.05) is 0 Å². The maximum Gasteiger partial charge on any atom is 0.261 e. The van der Waals surface area contributed by atoms with Gasteiger partial charge < -0.3 is 14.8 Å². The van der Waals surface area contributed by atoms with Crippen LogP contribution >= 0.6 is 0 Å². The molecule has 0 fully saturated rings.